The fourth-order valence-electron chi connectivity index (χ4n) is 1.37. The minimum atomic E-state index is -0.245. The van der Waals surface area contributed by atoms with Gasteiger partial charge in [0.15, 0.2) is 0 Å². The maximum absolute atomic E-state index is 3.22. The highest BCUT2D eigenvalue weighted by Crippen LogP contribution is 2.08. The van der Waals surface area contributed by atoms with Crippen molar-refractivity contribution < 1.29 is 0 Å². The van der Waals surface area contributed by atoms with Crippen LogP contribution in [0.3, 0.4) is 0 Å². The summed E-state index contributed by atoms with van der Waals surface area (Å²) in [4.78, 5) is 0. The van der Waals surface area contributed by atoms with E-state index >= 15 is 0 Å². The number of hydrogen-bond acceptors (Lipinski definition) is 1. The zero-order valence-electron chi connectivity index (χ0n) is 9.10. The summed E-state index contributed by atoms with van der Waals surface area (Å²) >= 11 is 0. The summed E-state index contributed by atoms with van der Waals surface area (Å²) in [6.07, 6.45) is 7.95. The molecule has 1 aromatic rings. The van der Waals surface area contributed by atoms with E-state index in [0.29, 0.717) is 0 Å². The molecular formula is C14H14ClN. The first-order valence-corrected chi connectivity index (χ1v) is 4.99. The molecule has 1 unspecified atom stereocenters. The van der Waals surface area contributed by atoms with E-state index in [9.17, 15) is 0 Å². The zero-order valence-corrected chi connectivity index (χ0v) is 9.92. The molecule has 82 valence electrons. The van der Waals surface area contributed by atoms with Gasteiger partial charge in [-0.25, -0.2) is 0 Å². The highest BCUT2D eigenvalue weighted by atomic mass is 35.5. The number of benzene rings is 1. The molecule has 0 radical (unpaired) electrons. The van der Waals surface area contributed by atoms with Gasteiger partial charge in [0, 0.05) is 5.56 Å². The average Bonchev–Trinajstić information content (AvgIpc) is 2.29. The van der Waals surface area contributed by atoms with Gasteiger partial charge >= 0.3 is 0 Å². The Morgan fingerprint density at radius 2 is 1.88 bits per heavy atom. The molecule has 0 bridgehead atoms. The maximum Gasteiger partial charge on any atom is 0.115 e. The Balaban J connectivity index is 0.00000128. The van der Waals surface area contributed by atoms with Gasteiger partial charge in [0.2, 0.25) is 0 Å². The highest BCUT2D eigenvalue weighted by molar-refractivity contribution is 5.85. The molecule has 0 saturated heterocycles. The maximum atomic E-state index is 3.22. The van der Waals surface area contributed by atoms with Crippen LogP contribution in [0, 0.1) is 11.8 Å². The van der Waals surface area contributed by atoms with Crippen molar-refractivity contribution in [2.24, 2.45) is 0 Å². The summed E-state index contributed by atoms with van der Waals surface area (Å²) in [7, 11) is 0. The second-order valence-corrected chi connectivity index (χ2v) is 3.68. The number of hydrogen-bond donors (Lipinski definition) is 1. The number of dihydropyridines is 1. The van der Waals surface area contributed by atoms with Gasteiger partial charge in [-0.15, -0.1) is 12.4 Å². The molecule has 0 fully saturated rings. The van der Waals surface area contributed by atoms with Crippen LogP contribution in [0.1, 0.15) is 12.5 Å². The highest BCUT2D eigenvalue weighted by Gasteiger charge is 2.15. The summed E-state index contributed by atoms with van der Waals surface area (Å²) in [5, 5.41) is 3.22. The van der Waals surface area contributed by atoms with Crippen LogP contribution in [0.5, 0.6) is 0 Å². The Bertz CT molecular complexity index is 451. The quantitative estimate of drug-likeness (QED) is 0.677. The minimum Gasteiger partial charge on any atom is -0.372 e. The Morgan fingerprint density at radius 1 is 1.12 bits per heavy atom. The zero-order chi connectivity index (χ0) is 10.6. The Hall–Kier alpha value is -1.65. The van der Waals surface area contributed by atoms with Crippen LogP contribution in [0.15, 0.2) is 54.8 Å². The minimum absolute atomic E-state index is 0. The molecule has 1 N–H and O–H groups in total. The van der Waals surface area contributed by atoms with E-state index in [4.69, 9.17) is 0 Å². The Kier molecular flexibility index (Phi) is 4.22. The SMILES string of the molecule is CC1(C#Cc2ccccc2)C=CC=CN1.Cl. The lowest BCUT2D eigenvalue weighted by molar-refractivity contribution is 0.634. The summed E-state index contributed by atoms with van der Waals surface area (Å²) in [5.74, 6) is 6.37. The summed E-state index contributed by atoms with van der Waals surface area (Å²) in [6, 6.07) is 10.0. The molecule has 1 aromatic carbocycles. The fraction of sp³-hybridized carbons (Fsp3) is 0.143. The van der Waals surface area contributed by atoms with Crippen LogP contribution in [0.4, 0.5) is 0 Å². The second kappa shape index (κ2) is 5.44. The predicted octanol–water partition coefficient (Wildman–Crippen LogP) is 2.89. The van der Waals surface area contributed by atoms with Gasteiger partial charge in [-0.2, -0.15) is 0 Å². The molecule has 1 aliphatic rings. The number of rotatable bonds is 0. The molecule has 0 saturated carbocycles. The number of allylic oxidation sites excluding steroid dienone is 2. The molecule has 0 spiro atoms. The molecule has 1 aliphatic heterocycles. The van der Waals surface area contributed by atoms with Crippen molar-refractivity contribution in [3.63, 3.8) is 0 Å². The molecule has 1 nitrogen and oxygen atoms in total. The number of nitrogens with one attached hydrogen (secondary N) is 1. The molecule has 1 atom stereocenters. The van der Waals surface area contributed by atoms with Crippen molar-refractivity contribution in [2.75, 3.05) is 0 Å². The van der Waals surface area contributed by atoms with Gasteiger partial charge in [0.1, 0.15) is 5.54 Å². The Morgan fingerprint density at radius 3 is 2.50 bits per heavy atom. The van der Waals surface area contributed by atoms with Crippen molar-refractivity contribution >= 4 is 12.4 Å². The van der Waals surface area contributed by atoms with Gasteiger partial charge in [-0.05, 0) is 37.4 Å². The lowest BCUT2D eigenvalue weighted by Gasteiger charge is -2.21. The van der Waals surface area contributed by atoms with Gasteiger partial charge in [0.05, 0.1) is 0 Å². The molecule has 2 heteroatoms. The van der Waals surface area contributed by atoms with Crippen LogP contribution < -0.4 is 5.32 Å². The normalized spacial score (nSPS) is 21.3. The van der Waals surface area contributed by atoms with E-state index in [0.717, 1.165) is 5.56 Å². The van der Waals surface area contributed by atoms with E-state index in [1.54, 1.807) is 0 Å². The monoisotopic (exact) mass is 231 g/mol. The summed E-state index contributed by atoms with van der Waals surface area (Å²) < 4.78 is 0. The van der Waals surface area contributed by atoms with Crippen LogP contribution >= 0.6 is 12.4 Å². The van der Waals surface area contributed by atoms with E-state index < -0.39 is 0 Å². The third-order valence-corrected chi connectivity index (χ3v) is 2.26. The van der Waals surface area contributed by atoms with Crippen LogP contribution in [-0.4, -0.2) is 5.54 Å². The van der Waals surface area contributed by atoms with E-state index in [1.807, 2.05) is 48.7 Å². The van der Waals surface area contributed by atoms with Gasteiger partial charge < -0.3 is 5.32 Å². The first-order chi connectivity index (χ1) is 7.29. The number of halogens is 1. The lowest BCUT2D eigenvalue weighted by atomic mass is 10.0. The average molecular weight is 232 g/mol. The van der Waals surface area contributed by atoms with Gasteiger partial charge in [0.25, 0.3) is 0 Å². The van der Waals surface area contributed by atoms with Crippen molar-refractivity contribution in [3.05, 3.63) is 60.3 Å². The third kappa shape index (κ3) is 3.18. The predicted molar refractivity (Wildman–Crippen MR) is 70.4 cm³/mol. The summed E-state index contributed by atoms with van der Waals surface area (Å²) in [5.41, 5.74) is 0.799. The molecule has 0 aliphatic carbocycles. The standard InChI is InChI=1S/C14H13N.ClH/c1-14(10-5-6-12-15-14)11-9-13-7-3-2-4-8-13;/h2-8,10,12,15H,1H3;1H. The summed E-state index contributed by atoms with van der Waals surface area (Å²) in [6.45, 7) is 2.06. The van der Waals surface area contributed by atoms with Crippen molar-refractivity contribution in [1.29, 1.82) is 0 Å². The molecule has 1 heterocycles. The molecule has 0 amide bonds. The smallest absolute Gasteiger partial charge is 0.115 e. The van der Waals surface area contributed by atoms with Crippen LogP contribution in [0.25, 0.3) is 0 Å². The fourth-order valence-corrected chi connectivity index (χ4v) is 1.37. The van der Waals surface area contributed by atoms with Crippen LogP contribution in [-0.2, 0) is 0 Å². The Labute approximate surface area is 103 Å². The third-order valence-electron chi connectivity index (χ3n) is 2.26. The molecule has 0 aromatic heterocycles. The first-order valence-electron chi connectivity index (χ1n) is 4.99. The second-order valence-electron chi connectivity index (χ2n) is 3.68. The lowest BCUT2D eigenvalue weighted by Crippen LogP contribution is -2.36. The topological polar surface area (TPSA) is 12.0 Å². The largest absolute Gasteiger partial charge is 0.372 e. The van der Waals surface area contributed by atoms with E-state index in [2.05, 4.69) is 30.2 Å². The molecular weight excluding hydrogens is 218 g/mol. The van der Waals surface area contributed by atoms with Gasteiger partial charge in [-0.3, -0.25) is 0 Å². The van der Waals surface area contributed by atoms with Crippen LogP contribution in [0.2, 0.25) is 0 Å². The van der Waals surface area contributed by atoms with E-state index in [1.165, 1.54) is 0 Å². The van der Waals surface area contributed by atoms with Gasteiger partial charge in [-0.1, -0.05) is 36.1 Å². The molecule has 2 rings (SSSR count). The van der Waals surface area contributed by atoms with Crippen molar-refractivity contribution in [2.45, 2.75) is 12.5 Å². The van der Waals surface area contributed by atoms with Crippen molar-refractivity contribution in [3.8, 4) is 11.8 Å². The first kappa shape index (κ1) is 12.4. The molecule has 16 heavy (non-hydrogen) atoms. The van der Waals surface area contributed by atoms with E-state index in [-0.39, 0.29) is 17.9 Å². The van der Waals surface area contributed by atoms with Crippen molar-refractivity contribution in [1.82, 2.24) is 5.32 Å².